The Labute approximate surface area is 109 Å². The number of fused-ring (bicyclic) bond motifs is 1. The smallest absolute Gasteiger partial charge is 0.134 e. The molecule has 0 bridgehead atoms. The molecule has 1 aromatic heterocycles. The number of furan rings is 1. The Morgan fingerprint density at radius 1 is 1.17 bits per heavy atom. The Morgan fingerprint density at radius 3 is 2.78 bits per heavy atom. The van der Waals surface area contributed by atoms with Crippen molar-refractivity contribution in [2.45, 2.75) is 33.4 Å². The zero-order valence-corrected chi connectivity index (χ0v) is 11.4. The van der Waals surface area contributed by atoms with Crippen molar-refractivity contribution in [3.8, 4) is 0 Å². The fourth-order valence-corrected chi connectivity index (χ4v) is 1.97. The van der Waals surface area contributed by atoms with Crippen molar-refractivity contribution in [2.24, 2.45) is 0 Å². The average molecular weight is 246 g/mol. The Kier molecular flexibility index (Phi) is 4.39. The molecular formula is C15H22N2O. The van der Waals surface area contributed by atoms with Crippen LogP contribution in [-0.4, -0.2) is 19.1 Å². The van der Waals surface area contributed by atoms with Gasteiger partial charge in [-0.15, -0.1) is 0 Å². The molecule has 0 unspecified atom stereocenters. The van der Waals surface area contributed by atoms with E-state index in [4.69, 9.17) is 4.42 Å². The second kappa shape index (κ2) is 6.03. The molecule has 0 atom stereocenters. The summed E-state index contributed by atoms with van der Waals surface area (Å²) in [6.45, 7) is 9.13. The summed E-state index contributed by atoms with van der Waals surface area (Å²) in [6.07, 6.45) is 0. The predicted molar refractivity (Wildman–Crippen MR) is 75.8 cm³/mol. The molecule has 2 N–H and O–H groups in total. The highest BCUT2D eigenvalue weighted by Gasteiger charge is 2.03. The van der Waals surface area contributed by atoms with Crippen LogP contribution in [0.3, 0.4) is 0 Å². The fraction of sp³-hybridized carbons (Fsp3) is 0.467. The Balaban J connectivity index is 1.84. The molecule has 0 saturated carbocycles. The number of nitrogens with one attached hydrogen (secondary N) is 2. The van der Waals surface area contributed by atoms with Gasteiger partial charge in [-0.3, -0.25) is 0 Å². The van der Waals surface area contributed by atoms with E-state index in [9.17, 15) is 0 Å². The maximum Gasteiger partial charge on any atom is 0.134 e. The van der Waals surface area contributed by atoms with Crippen molar-refractivity contribution in [3.05, 3.63) is 35.6 Å². The third-order valence-electron chi connectivity index (χ3n) is 2.88. The molecule has 2 rings (SSSR count). The summed E-state index contributed by atoms with van der Waals surface area (Å²) < 4.78 is 5.77. The van der Waals surface area contributed by atoms with Crippen molar-refractivity contribution in [1.29, 1.82) is 0 Å². The average Bonchev–Trinajstić information content (AvgIpc) is 2.70. The molecule has 0 spiro atoms. The van der Waals surface area contributed by atoms with E-state index in [0.29, 0.717) is 6.04 Å². The zero-order chi connectivity index (χ0) is 13.0. The molecular weight excluding hydrogens is 224 g/mol. The van der Waals surface area contributed by atoms with Crippen LogP contribution in [0.1, 0.15) is 25.2 Å². The van der Waals surface area contributed by atoms with Crippen LogP contribution in [0.5, 0.6) is 0 Å². The van der Waals surface area contributed by atoms with E-state index in [1.54, 1.807) is 0 Å². The van der Waals surface area contributed by atoms with Gasteiger partial charge in [-0.25, -0.2) is 0 Å². The molecule has 3 heteroatoms. The SMILES string of the molecule is Cc1ccc2oc(CNCCNC(C)C)cc2c1. The summed E-state index contributed by atoms with van der Waals surface area (Å²) in [5.74, 6) is 1.00. The van der Waals surface area contributed by atoms with Gasteiger partial charge in [0.25, 0.3) is 0 Å². The van der Waals surface area contributed by atoms with Crippen LogP contribution < -0.4 is 10.6 Å². The summed E-state index contributed by atoms with van der Waals surface area (Å²) in [5, 5.41) is 7.94. The van der Waals surface area contributed by atoms with Crippen molar-refractivity contribution in [1.82, 2.24) is 10.6 Å². The number of rotatable bonds is 6. The molecule has 0 fully saturated rings. The molecule has 3 nitrogen and oxygen atoms in total. The molecule has 0 radical (unpaired) electrons. The summed E-state index contributed by atoms with van der Waals surface area (Å²) in [6, 6.07) is 8.93. The minimum Gasteiger partial charge on any atom is -0.460 e. The molecule has 0 aliphatic carbocycles. The largest absolute Gasteiger partial charge is 0.460 e. The van der Waals surface area contributed by atoms with E-state index in [1.807, 2.05) is 6.07 Å². The first kappa shape index (κ1) is 13.1. The maximum absolute atomic E-state index is 5.77. The Hall–Kier alpha value is -1.32. The quantitative estimate of drug-likeness (QED) is 0.770. The molecule has 0 amide bonds. The van der Waals surface area contributed by atoms with E-state index >= 15 is 0 Å². The van der Waals surface area contributed by atoms with Gasteiger partial charge < -0.3 is 15.1 Å². The van der Waals surface area contributed by atoms with Crippen molar-refractivity contribution in [3.63, 3.8) is 0 Å². The van der Waals surface area contributed by atoms with E-state index in [-0.39, 0.29) is 0 Å². The van der Waals surface area contributed by atoms with Crippen LogP contribution in [0.2, 0.25) is 0 Å². The molecule has 2 aromatic rings. The fourth-order valence-electron chi connectivity index (χ4n) is 1.97. The normalized spacial score (nSPS) is 11.6. The molecule has 98 valence electrons. The van der Waals surface area contributed by atoms with Gasteiger partial charge in [0.2, 0.25) is 0 Å². The van der Waals surface area contributed by atoms with Crippen molar-refractivity contribution < 1.29 is 4.42 Å². The maximum atomic E-state index is 5.77. The van der Waals surface area contributed by atoms with Gasteiger partial charge in [0, 0.05) is 24.5 Å². The number of hydrogen-bond donors (Lipinski definition) is 2. The summed E-state index contributed by atoms with van der Waals surface area (Å²) >= 11 is 0. The number of aryl methyl sites for hydroxylation is 1. The highest BCUT2D eigenvalue weighted by molar-refractivity contribution is 5.78. The van der Waals surface area contributed by atoms with Gasteiger partial charge in [-0.1, -0.05) is 25.5 Å². The Morgan fingerprint density at radius 2 is 2.00 bits per heavy atom. The van der Waals surface area contributed by atoms with Crippen LogP contribution in [0, 0.1) is 6.92 Å². The van der Waals surface area contributed by atoms with Crippen LogP contribution in [-0.2, 0) is 6.54 Å². The second-order valence-corrected chi connectivity index (χ2v) is 5.04. The first-order valence-corrected chi connectivity index (χ1v) is 6.58. The molecule has 0 aliphatic rings. The summed E-state index contributed by atoms with van der Waals surface area (Å²) in [4.78, 5) is 0. The van der Waals surface area contributed by atoms with E-state index in [1.165, 1.54) is 10.9 Å². The van der Waals surface area contributed by atoms with Gasteiger partial charge in [0.15, 0.2) is 0 Å². The third kappa shape index (κ3) is 3.59. The second-order valence-electron chi connectivity index (χ2n) is 5.04. The minimum atomic E-state index is 0.543. The van der Waals surface area contributed by atoms with Crippen LogP contribution in [0.15, 0.2) is 28.7 Å². The van der Waals surface area contributed by atoms with Gasteiger partial charge in [-0.05, 0) is 25.1 Å². The van der Waals surface area contributed by atoms with Crippen LogP contribution >= 0.6 is 0 Å². The van der Waals surface area contributed by atoms with Crippen molar-refractivity contribution >= 4 is 11.0 Å². The van der Waals surface area contributed by atoms with Gasteiger partial charge in [0.05, 0.1) is 6.54 Å². The minimum absolute atomic E-state index is 0.543. The lowest BCUT2D eigenvalue weighted by atomic mass is 10.2. The van der Waals surface area contributed by atoms with Gasteiger partial charge in [-0.2, -0.15) is 0 Å². The van der Waals surface area contributed by atoms with Crippen LogP contribution in [0.25, 0.3) is 11.0 Å². The lowest BCUT2D eigenvalue weighted by molar-refractivity contribution is 0.499. The lowest BCUT2D eigenvalue weighted by Gasteiger charge is -2.07. The van der Waals surface area contributed by atoms with Crippen LogP contribution in [0.4, 0.5) is 0 Å². The third-order valence-corrected chi connectivity index (χ3v) is 2.88. The molecule has 18 heavy (non-hydrogen) atoms. The molecule has 1 heterocycles. The monoisotopic (exact) mass is 246 g/mol. The van der Waals surface area contributed by atoms with Crippen molar-refractivity contribution in [2.75, 3.05) is 13.1 Å². The first-order chi connectivity index (χ1) is 8.65. The van der Waals surface area contributed by atoms with E-state index in [2.05, 4.69) is 49.6 Å². The topological polar surface area (TPSA) is 37.2 Å². The molecule has 1 aromatic carbocycles. The van der Waals surface area contributed by atoms with Gasteiger partial charge in [0.1, 0.15) is 11.3 Å². The zero-order valence-electron chi connectivity index (χ0n) is 11.4. The summed E-state index contributed by atoms with van der Waals surface area (Å²) in [7, 11) is 0. The highest BCUT2D eigenvalue weighted by Crippen LogP contribution is 2.20. The number of benzene rings is 1. The molecule has 0 aliphatic heterocycles. The Bertz CT molecular complexity index is 502. The van der Waals surface area contributed by atoms with Gasteiger partial charge >= 0.3 is 0 Å². The van der Waals surface area contributed by atoms with E-state index < -0.39 is 0 Å². The van der Waals surface area contributed by atoms with E-state index in [0.717, 1.165) is 31.0 Å². The molecule has 0 saturated heterocycles. The number of hydrogen-bond acceptors (Lipinski definition) is 3. The highest BCUT2D eigenvalue weighted by atomic mass is 16.3. The predicted octanol–water partition coefficient (Wildman–Crippen LogP) is 2.83. The first-order valence-electron chi connectivity index (χ1n) is 6.58. The summed E-state index contributed by atoms with van der Waals surface area (Å²) in [5.41, 5.74) is 2.24. The standard InChI is InChI=1S/C15H22N2O/c1-11(2)17-7-6-16-10-14-9-13-8-12(3)4-5-15(13)18-14/h4-5,8-9,11,16-17H,6-7,10H2,1-3H3. The lowest BCUT2D eigenvalue weighted by Crippen LogP contribution is -2.31.